The second-order valence-electron chi connectivity index (χ2n) is 7.06. The first-order valence-corrected chi connectivity index (χ1v) is 8.81. The number of phenols is 1. The molecule has 0 aliphatic rings. The van der Waals surface area contributed by atoms with E-state index in [1.54, 1.807) is 0 Å². The summed E-state index contributed by atoms with van der Waals surface area (Å²) in [5, 5.41) is 20.1. The molecule has 0 radical (unpaired) electrons. The van der Waals surface area contributed by atoms with Crippen LogP contribution in [0.3, 0.4) is 0 Å². The van der Waals surface area contributed by atoms with Crippen LogP contribution in [-0.2, 0) is 0 Å². The zero-order valence-corrected chi connectivity index (χ0v) is 14.8. The topological polar surface area (TPSA) is 23.5 Å². The van der Waals surface area contributed by atoms with E-state index in [-0.39, 0.29) is 0 Å². The van der Waals surface area contributed by atoms with E-state index in [1.165, 1.54) is 37.7 Å². The highest BCUT2D eigenvalue weighted by atomic mass is 16.3. The maximum absolute atomic E-state index is 10.3. The fraction of sp³-hybridized carbons (Fsp3) is 0.0833. The van der Waals surface area contributed by atoms with E-state index in [9.17, 15) is 5.11 Å². The molecule has 0 aromatic heterocycles. The average Bonchev–Trinajstić information content (AvgIpc) is 2.66. The highest BCUT2D eigenvalue weighted by Gasteiger charge is 2.11. The maximum Gasteiger partial charge on any atom is 0.139 e. The van der Waals surface area contributed by atoms with Crippen molar-refractivity contribution in [3.8, 4) is 5.75 Å². The summed E-state index contributed by atoms with van der Waals surface area (Å²) >= 11 is 0. The lowest BCUT2D eigenvalue weighted by Gasteiger charge is -2.16. The molecule has 126 valence electrons. The molecule has 5 aromatic rings. The van der Waals surface area contributed by atoms with Crippen molar-refractivity contribution in [3.63, 3.8) is 0 Å². The van der Waals surface area contributed by atoms with E-state index in [4.69, 9.17) is 0 Å². The summed E-state index contributed by atoms with van der Waals surface area (Å²) in [6.45, 7) is 0. The smallest absolute Gasteiger partial charge is 0.139 e. The molecule has 0 aliphatic heterocycles. The first-order valence-electron chi connectivity index (χ1n) is 8.81. The Balaban J connectivity index is 1.94. The van der Waals surface area contributed by atoms with Crippen molar-refractivity contribution in [1.29, 1.82) is 0 Å². The number of benzene rings is 5. The third kappa shape index (κ3) is 2.05. The van der Waals surface area contributed by atoms with E-state index in [1.807, 2.05) is 25.1 Å². The molecule has 1 N–H and O–H groups in total. The maximum atomic E-state index is 10.3. The number of rotatable bonds is 1. The fourth-order valence-corrected chi connectivity index (χ4v) is 4.02. The molecule has 5 rings (SSSR count). The Hall–Kier alpha value is -3.26. The molecular formula is C24H19NO. The highest BCUT2D eigenvalue weighted by molar-refractivity contribution is 6.22. The molecule has 0 unspecified atom stereocenters. The molecule has 0 fully saturated rings. The van der Waals surface area contributed by atoms with Crippen LogP contribution in [0.25, 0.3) is 43.1 Å². The van der Waals surface area contributed by atoms with Gasteiger partial charge in [-0.3, -0.25) is 0 Å². The number of fused-ring (bicyclic) bond motifs is 7. The quantitative estimate of drug-likeness (QED) is 0.375. The van der Waals surface area contributed by atoms with E-state index < -0.39 is 0 Å². The summed E-state index contributed by atoms with van der Waals surface area (Å²) in [5.41, 5.74) is 0.837. The number of hydrogen-bond donors (Lipinski definition) is 1. The van der Waals surface area contributed by atoms with Crippen LogP contribution < -0.4 is 4.90 Å². The minimum Gasteiger partial charge on any atom is -0.506 e. The Bertz CT molecular complexity index is 1320. The number of hydrogen-bond acceptors (Lipinski definition) is 2. The summed E-state index contributed by atoms with van der Waals surface area (Å²) in [6.07, 6.45) is 0. The van der Waals surface area contributed by atoms with Gasteiger partial charge in [0, 0.05) is 14.1 Å². The third-order valence-electron chi connectivity index (χ3n) is 5.32. The van der Waals surface area contributed by atoms with Gasteiger partial charge in [0.25, 0.3) is 0 Å². The monoisotopic (exact) mass is 337 g/mol. The zero-order valence-electron chi connectivity index (χ0n) is 14.8. The van der Waals surface area contributed by atoms with Crippen LogP contribution in [0.1, 0.15) is 0 Å². The van der Waals surface area contributed by atoms with Crippen LogP contribution in [0.4, 0.5) is 5.69 Å². The minimum atomic E-state index is 0.314. The summed E-state index contributed by atoms with van der Waals surface area (Å²) in [6, 6.07) is 25.6. The molecule has 26 heavy (non-hydrogen) atoms. The summed E-state index contributed by atoms with van der Waals surface area (Å²) < 4.78 is 0. The van der Waals surface area contributed by atoms with Crippen LogP contribution in [0.2, 0.25) is 0 Å². The minimum absolute atomic E-state index is 0.314. The van der Waals surface area contributed by atoms with Crippen molar-refractivity contribution in [2.75, 3.05) is 19.0 Å². The standard InChI is InChI=1S/C24H19NO/c1-25(2)23-14-22-16(13-24(23)26)8-10-20-19-9-7-15-5-3-4-6-17(15)18(19)11-12-21(20)22/h3-14,26H,1-2H3. The van der Waals surface area contributed by atoms with E-state index in [0.717, 1.165) is 11.1 Å². The highest BCUT2D eigenvalue weighted by Crippen LogP contribution is 2.38. The van der Waals surface area contributed by atoms with Crippen LogP contribution in [0.15, 0.2) is 72.8 Å². The Morgan fingerprint density at radius 3 is 1.88 bits per heavy atom. The van der Waals surface area contributed by atoms with Gasteiger partial charge in [0.2, 0.25) is 0 Å². The van der Waals surface area contributed by atoms with E-state index >= 15 is 0 Å². The molecule has 5 aromatic carbocycles. The second kappa shape index (κ2) is 5.37. The van der Waals surface area contributed by atoms with Gasteiger partial charge in [-0.25, -0.2) is 0 Å². The summed E-state index contributed by atoms with van der Waals surface area (Å²) in [5.74, 6) is 0.314. The first-order chi connectivity index (χ1) is 12.6. The van der Waals surface area contributed by atoms with Gasteiger partial charge in [-0.15, -0.1) is 0 Å². The fourth-order valence-electron chi connectivity index (χ4n) is 4.02. The van der Waals surface area contributed by atoms with Gasteiger partial charge in [0.05, 0.1) is 5.69 Å². The number of anilines is 1. The van der Waals surface area contributed by atoms with Gasteiger partial charge in [0.15, 0.2) is 0 Å². The molecule has 0 aliphatic carbocycles. The van der Waals surface area contributed by atoms with Gasteiger partial charge in [-0.1, -0.05) is 60.7 Å². The Labute approximate surface area is 151 Å². The Morgan fingerprint density at radius 2 is 1.15 bits per heavy atom. The van der Waals surface area contributed by atoms with Crippen molar-refractivity contribution >= 4 is 48.8 Å². The molecule has 0 saturated heterocycles. The van der Waals surface area contributed by atoms with Crippen LogP contribution in [-0.4, -0.2) is 19.2 Å². The predicted octanol–water partition coefficient (Wildman–Crippen LogP) is 6.07. The molecule has 0 amide bonds. The SMILES string of the molecule is CN(C)c1cc2c(ccc3c2ccc2c4ccccc4ccc23)cc1O. The van der Waals surface area contributed by atoms with Gasteiger partial charge in [-0.05, 0) is 55.2 Å². The van der Waals surface area contributed by atoms with E-state index in [2.05, 4.69) is 66.7 Å². The summed E-state index contributed by atoms with van der Waals surface area (Å²) in [7, 11) is 3.90. The van der Waals surface area contributed by atoms with Crippen molar-refractivity contribution in [1.82, 2.24) is 0 Å². The lowest BCUT2D eigenvalue weighted by molar-refractivity contribution is 0.476. The Kier molecular flexibility index (Phi) is 3.10. The second-order valence-corrected chi connectivity index (χ2v) is 7.06. The van der Waals surface area contributed by atoms with Crippen molar-refractivity contribution < 1.29 is 5.11 Å². The van der Waals surface area contributed by atoms with Crippen LogP contribution in [0.5, 0.6) is 5.75 Å². The van der Waals surface area contributed by atoms with Crippen molar-refractivity contribution in [2.24, 2.45) is 0 Å². The van der Waals surface area contributed by atoms with Gasteiger partial charge in [-0.2, -0.15) is 0 Å². The van der Waals surface area contributed by atoms with Gasteiger partial charge >= 0.3 is 0 Å². The Morgan fingerprint density at radius 1 is 0.577 bits per heavy atom. The predicted molar refractivity (Wildman–Crippen MR) is 112 cm³/mol. The number of phenolic OH excluding ortho intramolecular Hbond substituents is 1. The molecule has 0 atom stereocenters. The lowest BCUT2D eigenvalue weighted by atomic mass is 9.94. The number of nitrogens with zero attached hydrogens (tertiary/aromatic N) is 1. The molecule has 0 saturated carbocycles. The molecular weight excluding hydrogens is 318 g/mol. The normalized spacial score (nSPS) is 11.6. The molecule has 0 spiro atoms. The molecule has 2 heteroatoms. The van der Waals surface area contributed by atoms with Crippen molar-refractivity contribution in [2.45, 2.75) is 0 Å². The molecule has 2 nitrogen and oxygen atoms in total. The third-order valence-corrected chi connectivity index (χ3v) is 5.32. The molecule has 0 heterocycles. The number of aromatic hydroxyl groups is 1. The zero-order chi connectivity index (χ0) is 17.8. The van der Waals surface area contributed by atoms with Crippen LogP contribution in [0, 0.1) is 0 Å². The molecule has 0 bridgehead atoms. The van der Waals surface area contributed by atoms with Gasteiger partial charge < -0.3 is 10.0 Å². The largest absolute Gasteiger partial charge is 0.506 e. The van der Waals surface area contributed by atoms with Gasteiger partial charge in [0.1, 0.15) is 5.75 Å². The van der Waals surface area contributed by atoms with E-state index in [0.29, 0.717) is 5.75 Å². The lowest BCUT2D eigenvalue weighted by Crippen LogP contribution is -2.08. The average molecular weight is 337 g/mol. The van der Waals surface area contributed by atoms with Crippen molar-refractivity contribution in [3.05, 3.63) is 72.8 Å². The first kappa shape index (κ1) is 15.0. The van der Waals surface area contributed by atoms with Crippen LogP contribution >= 0.6 is 0 Å². The summed E-state index contributed by atoms with van der Waals surface area (Å²) in [4.78, 5) is 1.95.